The van der Waals surface area contributed by atoms with Gasteiger partial charge < -0.3 is 13.7 Å². The van der Waals surface area contributed by atoms with E-state index in [0.717, 1.165) is 5.76 Å². The van der Waals surface area contributed by atoms with Crippen molar-refractivity contribution in [2.24, 2.45) is 0 Å². The summed E-state index contributed by atoms with van der Waals surface area (Å²) in [5, 5.41) is 0. The summed E-state index contributed by atoms with van der Waals surface area (Å²) in [6, 6.07) is 3.81. The standard InChI is InChI=1S/C11H17BO3/c1-10(2)11(3,4)15-12(14-10)8-9-6-5-7-13-9/h5-7H,8H2,1-4H3. The fourth-order valence-electron chi connectivity index (χ4n) is 1.64. The van der Waals surface area contributed by atoms with Gasteiger partial charge >= 0.3 is 7.12 Å². The van der Waals surface area contributed by atoms with E-state index in [0.29, 0.717) is 6.32 Å². The van der Waals surface area contributed by atoms with Crippen LogP contribution in [0.5, 0.6) is 0 Å². The van der Waals surface area contributed by atoms with E-state index in [4.69, 9.17) is 13.7 Å². The van der Waals surface area contributed by atoms with Gasteiger partial charge in [0, 0.05) is 6.32 Å². The molecule has 1 aromatic heterocycles. The second kappa shape index (κ2) is 3.39. The molecule has 1 aliphatic heterocycles. The molecule has 0 aliphatic carbocycles. The van der Waals surface area contributed by atoms with Crippen LogP contribution in [0.25, 0.3) is 0 Å². The first-order valence-corrected chi connectivity index (χ1v) is 5.29. The smallest absolute Gasteiger partial charge is 0.465 e. The van der Waals surface area contributed by atoms with Crippen molar-refractivity contribution in [3.05, 3.63) is 24.2 Å². The van der Waals surface area contributed by atoms with E-state index in [2.05, 4.69) is 27.7 Å². The summed E-state index contributed by atoms with van der Waals surface area (Å²) in [7, 11) is -0.207. The third kappa shape index (κ3) is 1.97. The summed E-state index contributed by atoms with van der Waals surface area (Å²) in [5.74, 6) is 0.897. The molecule has 0 bridgehead atoms. The highest BCUT2D eigenvalue weighted by Gasteiger charge is 2.51. The molecule has 1 saturated heterocycles. The lowest BCUT2D eigenvalue weighted by Gasteiger charge is -2.32. The summed E-state index contributed by atoms with van der Waals surface area (Å²) in [4.78, 5) is 0. The van der Waals surface area contributed by atoms with E-state index in [1.54, 1.807) is 6.26 Å². The van der Waals surface area contributed by atoms with E-state index in [1.165, 1.54) is 0 Å². The fourth-order valence-corrected chi connectivity index (χ4v) is 1.64. The predicted octanol–water partition coefficient (Wildman–Crippen LogP) is 2.45. The van der Waals surface area contributed by atoms with Crippen LogP contribution in [0, 0.1) is 0 Å². The molecule has 0 atom stereocenters. The molecule has 0 amide bonds. The van der Waals surface area contributed by atoms with Gasteiger partial charge in [-0.05, 0) is 39.8 Å². The van der Waals surface area contributed by atoms with Gasteiger partial charge in [0.1, 0.15) is 5.76 Å². The summed E-state index contributed by atoms with van der Waals surface area (Å²) in [5.41, 5.74) is -0.519. The topological polar surface area (TPSA) is 31.6 Å². The van der Waals surface area contributed by atoms with Crippen molar-refractivity contribution < 1.29 is 13.7 Å². The second-order valence-electron chi connectivity index (χ2n) is 4.97. The fraction of sp³-hybridized carbons (Fsp3) is 0.636. The Kier molecular flexibility index (Phi) is 2.43. The van der Waals surface area contributed by atoms with Crippen molar-refractivity contribution in [2.45, 2.75) is 45.2 Å². The van der Waals surface area contributed by atoms with Crippen LogP contribution in [-0.2, 0) is 15.6 Å². The minimum absolute atomic E-state index is 0.207. The molecule has 1 aromatic rings. The zero-order valence-electron chi connectivity index (χ0n) is 9.74. The van der Waals surface area contributed by atoms with Crippen LogP contribution in [0.3, 0.4) is 0 Å². The molecule has 0 radical (unpaired) electrons. The Hall–Kier alpha value is -0.735. The summed E-state index contributed by atoms with van der Waals surface area (Å²) < 4.78 is 17.0. The molecule has 1 aliphatic rings. The van der Waals surface area contributed by atoms with Crippen LogP contribution in [0.1, 0.15) is 33.5 Å². The van der Waals surface area contributed by atoms with Gasteiger partial charge in [0.15, 0.2) is 0 Å². The maximum atomic E-state index is 5.86. The molecule has 15 heavy (non-hydrogen) atoms. The molecule has 0 aromatic carbocycles. The van der Waals surface area contributed by atoms with Gasteiger partial charge in [0.05, 0.1) is 17.5 Å². The first-order valence-electron chi connectivity index (χ1n) is 5.29. The van der Waals surface area contributed by atoms with Crippen LogP contribution >= 0.6 is 0 Å². The third-order valence-electron chi connectivity index (χ3n) is 3.25. The number of hydrogen-bond acceptors (Lipinski definition) is 3. The lowest BCUT2D eigenvalue weighted by atomic mass is 9.84. The van der Waals surface area contributed by atoms with Crippen LogP contribution in [0.2, 0.25) is 0 Å². The van der Waals surface area contributed by atoms with E-state index < -0.39 is 0 Å². The first-order chi connectivity index (χ1) is 6.91. The van der Waals surface area contributed by atoms with Crippen LogP contribution in [0.15, 0.2) is 22.8 Å². The van der Waals surface area contributed by atoms with Crippen molar-refractivity contribution in [3.63, 3.8) is 0 Å². The summed E-state index contributed by atoms with van der Waals surface area (Å²) in [6.07, 6.45) is 2.33. The van der Waals surface area contributed by atoms with Gasteiger partial charge in [-0.3, -0.25) is 0 Å². The highest BCUT2D eigenvalue weighted by molar-refractivity contribution is 6.44. The van der Waals surface area contributed by atoms with E-state index in [1.807, 2.05) is 12.1 Å². The summed E-state index contributed by atoms with van der Waals surface area (Å²) >= 11 is 0. The zero-order valence-corrected chi connectivity index (χ0v) is 9.74. The molecule has 1 fully saturated rings. The number of rotatable bonds is 2. The molecule has 82 valence electrons. The Morgan fingerprint density at radius 3 is 2.20 bits per heavy atom. The van der Waals surface area contributed by atoms with Crippen molar-refractivity contribution in [1.29, 1.82) is 0 Å². The lowest BCUT2D eigenvalue weighted by Crippen LogP contribution is -2.41. The first kappa shape index (κ1) is 10.8. The van der Waals surface area contributed by atoms with Gasteiger partial charge in [-0.15, -0.1) is 0 Å². The minimum atomic E-state index is -0.260. The molecule has 0 unspecified atom stereocenters. The SMILES string of the molecule is CC1(C)OB(Cc2ccco2)OC1(C)C. The van der Waals surface area contributed by atoms with Gasteiger partial charge in [0.25, 0.3) is 0 Å². The average molecular weight is 208 g/mol. The highest BCUT2D eigenvalue weighted by atomic mass is 16.7. The Morgan fingerprint density at radius 1 is 1.13 bits per heavy atom. The zero-order chi connectivity index (χ0) is 11.1. The van der Waals surface area contributed by atoms with Crippen LogP contribution < -0.4 is 0 Å². The maximum Gasteiger partial charge on any atom is 0.465 e. The average Bonchev–Trinajstić information content (AvgIpc) is 2.59. The Labute approximate surface area is 90.9 Å². The molecule has 4 heteroatoms. The Bertz CT molecular complexity index is 314. The monoisotopic (exact) mass is 208 g/mol. The molecule has 2 rings (SSSR count). The van der Waals surface area contributed by atoms with Crippen molar-refractivity contribution >= 4 is 7.12 Å². The van der Waals surface area contributed by atoms with Gasteiger partial charge in [-0.2, -0.15) is 0 Å². The van der Waals surface area contributed by atoms with E-state index in [-0.39, 0.29) is 18.3 Å². The predicted molar refractivity (Wildman–Crippen MR) is 58.5 cm³/mol. The van der Waals surface area contributed by atoms with Gasteiger partial charge in [-0.1, -0.05) is 0 Å². The molecule has 0 saturated carbocycles. The van der Waals surface area contributed by atoms with Crippen LogP contribution in [-0.4, -0.2) is 18.3 Å². The molecule has 0 N–H and O–H groups in total. The van der Waals surface area contributed by atoms with Crippen molar-refractivity contribution in [3.8, 4) is 0 Å². The molecule has 0 spiro atoms. The van der Waals surface area contributed by atoms with E-state index >= 15 is 0 Å². The highest BCUT2D eigenvalue weighted by Crippen LogP contribution is 2.37. The van der Waals surface area contributed by atoms with Gasteiger partial charge in [-0.25, -0.2) is 0 Å². The Morgan fingerprint density at radius 2 is 1.73 bits per heavy atom. The third-order valence-corrected chi connectivity index (χ3v) is 3.25. The normalized spacial score (nSPS) is 23.3. The number of furan rings is 1. The quantitative estimate of drug-likeness (QED) is 0.699. The minimum Gasteiger partial charge on any atom is -0.470 e. The largest absolute Gasteiger partial charge is 0.470 e. The van der Waals surface area contributed by atoms with Gasteiger partial charge in [0.2, 0.25) is 0 Å². The van der Waals surface area contributed by atoms with E-state index in [9.17, 15) is 0 Å². The number of hydrogen-bond donors (Lipinski definition) is 0. The lowest BCUT2D eigenvalue weighted by molar-refractivity contribution is 0.00578. The molecule has 3 nitrogen and oxygen atoms in total. The van der Waals surface area contributed by atoms with Crippen LogP contribution in [0.4, 0.5) is 0 Å². The molecule has 2 heterocycles. The molecular weight excluding hydrogens is 191 g/mol. The molecular formula is C11H17BO3. The van der Waals surface area contributed by atoms with Crippen molar-refractivity contribution in [1.82, 2.24) is 0 Å². The van der Waals surface area contributed by atoms with Crippen molar-refractivity contribution in [2.75, 3.05) is 0 Å². The Balaban J connectivity index is 2.04. The summed E-state index contributed by atoms with van der Waals surface area (Å²) in [6.45, 7) is 8.20. The second-order valence-corrected chi connectivity index (χ2v) is 4.97. The maximum absolute atomic E-state index is 5.86.